The van der Waals surface area contributed by atoms with Crippen LogP contribution in [0.4, 0.5) is 21.8 Å². The quantitative estimate of drug-likeness (QED) is 0.871. The maximum atomic E-state index is 13.8. The molecule has 20 heavy (non-hydrogen) atoms. The predicted molar refractivity (Wildman–Crippen MR) is 80.1 cm³/mol. The number of hydrogen-bond donors (Lipinski definition) is 2. The molecular formula is C13H14BrFN4O. The molecule has 0 radical (unpaired) electrons. The van der Waals surface area contributed by atoms with Gasteiger partial charge in [-0.3, -0.25) is 0 Å². The number of halogens is 2. The lowest BCUT2D eigenvalue weighted by Crippen LogP contribution is -2.05. The van der Waals surface area contributed by atoms with Gasteiger partial charge in [0.25, 0.3) is 0 Å². The highest BCUT2D eigenvalue weighted by atomic mass is 79.9. The first-order valence-corrected chi connectivity index (χ1v) is 6.80. The Morgan fingerprint density at radius 2 is 2.20 bits per heavy atom. The average molecular weight is 341 g/mol. The van der Waals surface area contributed by atoms with E-state index in [-0.39, 0.29) is 11.5 Å². The van der Waals surface area contributed by atoms with Crippen LogP contribution in [0.15, 0.2) is 28.9 Å². The predicted octanol–water partition coefficient (Wildman–Crippen LogP) is 3.56. The van der Waals surface area contributed by atoms with Gasteiger partial charge in [0.15, 0.2) is 0 Å². The number of ether oxygens (including phenoxy) is 1. The monoisotopic (exact) mass is 340 g/mol. The molecule has 1 aromatic heterocycles. The van der Waals surface area contributed by atoms with Crippen molar-refractivity contribution in [1.82, 2.24) is 9.97 Å². The van der Waals surface area contributed by atoms with Crippen LogP contribution in [0.5, 0.6) is 5.75 Å². The molecular weight excluding hydrogens is 327 g/mol. The summed E-state index contributed by atoms with van der Waals surface area (Å²) in [5.41, 5.74) is 0.284. The molecule has 0 bridgehead atoms. The van der Waals surface area contributed by atoms with Crippen molar-refractivity contribution in [3.63, 3.8) is 0 Å². The Morgan fingerprint density at radius 1 is 1.40 bits per heavy atom. The molecule has 2 N–H and O–H groups in total. The van der Waals surface area contributed by atoms with Gasteiger partial charge in [0.05, 0.1) is 17.3 Å². The Labute approximate surface area is 124 Å². The number of rotatable bonds is 5. The molecule has 0 spiro atoms. The summed E-state index contributed by atoms with van der Waals surface area (Å²) in [4.78, 5) is 8.37. The summed E-state index contributed by atoms with van der Waals surface area (Å²) in [6, 6.07) is 4.46. The third-order valence-corrected chi connectivity index (χ3v) is 3.09. The van der Waals surface area contributed by atoms with Crippen LogP contribution in [0.3, 0.4) is 0 Å². The fourth-order valence-corrected chi connectivity index (χ4v) is 1.84. The minimum Gasteiger partial charge on any atom is -0.497 e. The van der Waals surface area contributed by atoms with E-state index in [0.717, 1.165) is 0 Å². The fraction of sp³-hybridized carbons (Fsp3) is 0.231. The van der Waals surface area contributed by atoms with Gasteiger partial charge < -0.3 is 15.4 Å². The largest absolute Gasteiger partial charge is 0.497 e. The van der Waals surface area contributed by atoms with Crippen molar-refractivity contribution in [2.45, 2.75) is 6.92 Å². The molecule has 0 saturated heterocycles. The molecule has 0 saturated carbocycles. The lowest BCUT2D eigenvalue weighted by atomic mass is 10.3. The third-order valence-electron chi connectivity index (χ3n) is 2.51. The van der Waals surface area contributed by atoms with Crippen molar-refractivity contribution in [1.29, 1.82) is 0 Å². The number of methoxy groups -OCH3 is 1. The van der Waals surface area contributed by atoms with Crippen LogP contribution in [-0.2, 0) is 0 Å². The average Bonchev–Trinajstić information content (AvgIpc) is 2.45. The van der Waals surface area contributed by atoms with Crippen LogP contribution in [-0.4, -0.2) is 23.6 Å². The van der Waals surface area contributed by atoms with Crippen molar-refractivity contribution < 1.29 is 9.13 Å². The first-order valence-electron chi connectivity index (χ1n) is 6.01. The van der Waals surface area contributed by atoms with Crippen LogP contribution >= 0.6 is 15.9 Å². The Balaban J connectivity index is 2.31. The van der Waals surface area contributed by atoms with E-state index in [2.05, 4.69) is 36.5 Å². The molecule has 0 aliphatic heterocycles. The Bertz CT molecular complexity index is 609. The molecule has 0 amide bonds. The summed E-state index contributed by atoms with van der Waals surface area (Å²) >= 11 is 3.33. The van der Waals surface area contributed by atoms with Crippen molar-refractivity contribution in [3.8, 4) is 5.75 Å². The van der Waals surface area contributed by atoms with E-state index in [9.17, 15) is 4.39 Å². The van der Waals surface area contributed by atoms with Gasteiger partial charge in [0.2, 0.25) is 5.95 Å². The zero-order valence-electron chi connectivity index (χ0n) is 11.1. The summed E-state index contributed by atoms with van der Waals surface area (Å²) in [6.07, 6.45) is 1.60. The number of benzene rings is 1. The fourth-order valence-electron chi connectivity index (χ4n) is 1.55. The Kier molecular flexibility index (Phi) is 4.73. The van der Waals surface area contributed by atoms with Crippen LogP contribution in [0.2, 0.25) is 0 Å². The molecule has 106 valence electrons. The molecule has 2 aromatic rings. The highest BCUT2D eigenvalue weighted by Gasteiger charge is 2.09. The summed E-state index contributed by atoms with van der Waals surface area (Å²) in [5.74, 6) is 1.12. The normalized spacial score (nSPS) is 10.2. The molecule has 5 nitrogen and oxygen atoms in total. The van der Waals surface area contributed by atoms with Gasteiger partial charge in [-0.25, -0.2) is 9.37 Å². The zero-order chi connectivity index (χ0) is 14.5. The highest BCUT2D eigenvalue weighted by Crippen LogP contribution is 2.28. The van der Waals surface area contributed by atoms with Gasteiger partial charge in [-0.05, 0) is 35.0 Å². The van der Waals surface area contributed by atoms with Crippen LogP contribution < -0.4 is 15.4 Å². The second kappa shape index (κ2) is 6.51. The van der Waals surface area contributed by atoms with Crippen molar-refractivity contribution in [2.75, 3.05) is 24.3 Å². The minimum absolute atomic E-state index is 0.284. The van der Waals surface area contributed by atoms with Gasteiger partial charge in [-0.1, -0.05) is 0 Å². The summed E-state index contributed by atoms with van der Waals surface area (Å²) < 4.78 is 19.5. The SMILES string of the molecule is CCNc1ncc(Br)c(Nc2cc(OC)ccc2F)n1. The van der Waals surface area contributed by atoms with E-state index >= 15 is 0 Å². The molecule has 0 aliphatic carbocycles. The molecule has 2 rings (SSSR count). The molecule has 0 atom stereocenters. The van der Waals surface area contributed by atoms with E-state index in [4.69, 9.17) is 4.74 Å². The number of nitrogens with zero attached hydrogens (tertiary/aromatic N) is 2. The van der Waals surface area contributed by atoms with E-state index in [1.165, 1.54) is 13.2 Å². The lowest BCUT2D eigenvalue weighted by Gasteiger charge is -2.11. The molecule has 7 heteroatoms. The maximum absolute atomic E-state index is 13.8. The highest BCUT2D eigenvalue weighted by molar-refractivity contribution is 9.10. The van der Waals surface area contributed by atoms with E-state index in [0.29, 0.717) is 28.5 Å². The first kappa shape index (κ1) is 14.5. The number of hydrogen-bond acceptors (Lipinski definition) is 5. The first-order chi connectivity index (χ1) is 9.63. The minimum atomic E-state index is -0.388. The Morgan fingerprint density at radius 3 is 2.90 bits per heavy atom. The maximum Gasteiger partial charge on any atom is 0.224 e. The smallest absolute Gasteiger partial charge is 0.224 e. The topological polar surface area (TPSA) is 59.1 Å². The second-order valence-electron chi connectivity index (χ2n) is 3.89. The van der Waals surface area contributed by atoms with Gasteiger partial charge in [0.1, 0.15) is 17.4 Å². The van der Waals surface area contributed by atoms with Crippen LogP contribution in [0, 0.1) is 5.82 Å². The zero-order valence-corrected chi connectivity index (χ0v) is 12.7. The third kappa shape index (κ3) is 3.36. The summed E-state index contributed by atoms with van der Waals surface area (Å²) in [6.45, 7) is 2.65. The molecule has 1 aromatic carbocycles. The van der Waals surface area contributed by atoms with Crippen LogP contribution in [0.25, 0.3) is 0 Å². The summed E-state index contributed by atoms with van der Waals surface area (Å²) in [7, 11) is 1.53. The molecule has 0 fully saturated rings. The van der Waals surface area contributed by atoms with Gasteiger partial charge in [0, 0.05) is 18.8 Å². The van der Waals surface area contributed by atoms with Crippen LogP contribution in [0.1, 0.15) is 6.92 Å². The number of aromatic nitrogens is 2. The van der Waals surface area contributed by atoms with Crippen molar-refractivity contribution in [3.05, 3.63) is 34.7 Å². The van der Waals surface area contributed by atoms with E-state index < -0.39 is 0 Å². The van der Waals surface area contributed by atoms with E-state index in [1.807, 2.05) is 6.92 Å². The van der Waals surface area contributed by atoms with Gasteiger partial charge >= 0.3 is 0 Å². The molecule has 0 aliphatic rings. The van der Waals surface area contributed by atoms with E-state index in [1.54, 1.807) is 18.3 Å². The second-order valence-corrected chi connectivity index (χ2v) is 4.75. The van der Waals surface area contributed by atoms with Gasteiger partial charge in [-0.2, -0.15) is 4.98 Å². The standard InChI is InChI=1S/C13H14BrFN4O/c1-3-16-13-17-7-9(14)12(19-13)18-11-6-8(20-2)4-5-10(11)15/h4-7H,3H2,1-2H3,(H2,16,17,18,19). The number of nitrogens with one attached hydrogen (secondary N) is 2. The summed E-state index contributed by atoms with van der Waals surface area (Å²) in [5, 5.41) is 5.92. The van der Waals surface area contributed by atoms with Crippen molar-refractivity contribution >= 4 is 33.4 Å². The van der Waals surface area contributed by atoms with Crippen molar-refractivity contribution in [2.24, 2.45) is 0 Å². The molecule has 1 heterocycles. The Hall–Kier alpha value is -1.89. The molecule has 0 unspecified atom stereocenters. The number of anilines is 3. The lowest BCUT2D eigenvalue weighted by molar-refractivity contribution is 0.414. The van der Waals surface area contributed by atoms with Gasteiger partial charge in [-0.15, -0.1) is 0 Å².